The molecule has 122 valence electrons. The van der Waals surface area contributed by atoms with Crippen molar-refractivity contribution in [2.45, 2.75) is 32.4 Å². The molecule has 0 bridgehead atoms. The van der Waals surface area contributed by atoms with Gasteiger partial charge in [0.15, 0.2) is 13.1 Å². The highest BCUT2D eigenvalue weighted by Gasteiger charge is 2.25. The number of quaternary nitrogens is 1. The van der Waals surface area contributed by atoms with Crippen LogP contribution in [-0.2, 0) is 16.1 Å². The van der Waals surface area contributed by atoms with E-state index in [-0.39, 0.29) is 11.8 Å². The minimum Gasteiger partial charge on any atom is -0.348 e. The molecular weight excluding hydrogens is 322 g/mol. The van der Waals surface area contributed by atoms with Gasteiger partial charge in [0.2, 0.25) is 0 Å². The van der Waals surface area contributed by atoms with Crippen LogP contribution in [0.5, 0.6) is 0 Å². The highest BCUT2D eigenvalue weighted by molar-refractivity contribution is 7.16. The zero-order valence-electron chi connectivity index (χ0n) is 13.0. The van der Waals surface area contributed by atoms with Crippen LogP contribution in [0.15, 0.2) is 12.1 Å². The number of halogens is 1. The lowest BCUT2D eigenvalue weighted by atomic mass is 10.3. The van der Waals surface area contributed by atoms with Gasteiger partial charge in [0.05, 0.1) is 17.9 Å². The molecule has 1 fully saturated rings. The summed E-state index contributed by atoms with van der Waals surface area (Å²) in [5, 5.41) is 2.95. The summed E-state index contributed by atoms with van der Waals surface area (Å²) >= 11 is 7.41. The van der Waals surface area contributed by atoms with Gasteiger partial charge in [-0.15, -0.1) is 11.3 Å². The molecule has 1 aliphatic carbocycles. The molecule has 0 spiro atoms. The van der Waals surface area contributed by atoms with Crippen molar-refractivity contribution in [3.63, 3.8) is 0 Å². The Balaban J connectivity index is 1.78. The second kappa shape index (κ2) is 7.94. The van der Waals surface area contributed by atoms with Gasteiger partial charge in [0, 0.05) is 17.5 Å². The molecule has 0 aliphatic heterocycles. The van der Waals surface area contributed by atoms with Crippen LogP contribution in [-0.4, -0.2) is 49.4 Å². The number of likely N-dealkylation sites (N-methyl/N-ethyl adjacent to an activating group) is 2. The Morgan fingerprint density at radius 2 is 2.14 bits per heavy atom. The van der Waals surface area contributed by atoms with Crippen molar-refractivity contribution in [1.29, 1.82) is 0 Å². The van der Waals surface area contributed by atoms with Gasteiger partial charge in [-0.25, -0.2) is 0 Å². The molecule has 1 aromatic rings. The third-order valence-corrected chi connectivity index (χ3v) is 4.78. The third-order valence-electron chi connectivity index (χ3n) is 3.57. The zero-order valence-corrected chi connectivity index (χ0v) is 14.6. The summed E-state index contributed by atoms with van der Waals surface area (Å²) in [6.45, 7) is 3.85. The van der Waals surface area contributed by atoms with Gasteiger partial charge in [-0.1, -0.05) is 11.6 Å². The fraction of sp³-hybridized carbons (Fsp3) is 0.600. The van der Waals surface area contributed by atoms with E-state index >= 15 is 0 Å². The Hall–Kier alpha value is -1.11. The van der Waals surface area contributed by atoms with E-state index in [1.165, 1.54) is 11.3 Å². The molecule has 1 heterocycles. The van der Waals surface area contributed by atoms with Gasteiger partial charge in [0.25, 0.3) is 11.8 Å². The van der Waals surface area contributed by atoms with Crippen molar-refractivity contribution >= 4 is 34.8 Å². The molecule has 1 unspecified atom stereocenters. The molecule has 2 amide bonds. The van der Waals surface area contributed by atoms with Crippen molar-refractivity contribution in [3.8, 4) is 0 Å². The molecule has 0 aromatic carbocycles. The van der Waals surface area contributed by atoms with Crippen LogP contribution in [0.4, 0.5) is 0 Å². The predicted octanol–water partition coefficient (Wildman–Crippen LogP) is 0.543. The smallest absolute Gasteiger partial charge is 0.278 e. The molecule has 22 heavy (non-hydrogen) atoms. The Kier molecular flexibility index (Phi) is 6.23. The predicted molar refractivity (Wildman–Crippen MR) is 88.2 cm³/mol. The van der Waals surface area contributed by atoms with Crippen LogP contribution in [0.1, 0.15) is 24.6 Å². The number of carbonyl (C=O) groups is 2. The maximum atomic E-state index is 12.4. The number of thiophene rings is 1. The summed E-state index contributed by atoms with van der Waals surface area (Å²) in [5.41, 5.74) is 0. The summed E-state index contributed by atoms with van der Waals surface area (Å²) in [5.74, 6) is 0.0876. The van der Waals surface area contributed by atoms with Crippen LogP contribution >= 0.6 is 22.9 Å². The largest absolute Gasteiger partial charge is 0.348 e. The van der Waals surface area contributed by atoms with Crippen molar-refractivity contribution in [2.24, 2.45) is 0 Å². The van der Waals surface area contributed by atoms with Gasteiger partial charge >= 0.3 is 0 Å². The maximum absolute atomic E-state index is 12.4. The van der Waals surface area contributed by atoms with Crippen LogP contribution in [0.25, 0.3) is 0 Å². The molecule has 7 heteroatoms. The first-order valence-corrected chi connectivity index (χ1v) is 8.80. The van der Waals surface area contributed by atoms with E-state index in [9.17, 15) is 9.59 Å². The number of hydrogen-bond donors (Lipinski definition) is 2. The Bertz CT molecular complexity index is 531. The van der Waals surface area contributed by atoms with Gasteiger partial charge in [0.1, 0.15) is 0 Å². The van der Waals surface area contributed by atoms with E-state index in [0.717, 1.165) is 27.0 Å². The lowest BCUT2D eigenvalue weighted by Gasteiger charge is -2.22. The molecule has 0 radical (unpaired) electrons. The summed E-state index contributed by atoms with van der Waals surface area (Å²) in [6, 6.07) is 4.16. The van der Waals surface area contributed by atoms with E-state index in [1.807, 2.05) is 26.1 Å². The van der Waals surface area contributed by atoms with E-state index in [1.54, 1.807) is 4.90 Å². The lowest BCUT2D eigenvalue weighted by Crippen LogP contribution is -3.11. The fourth-order valence-corrected chi connectivity index (χ4v) is 3.32. The number of nitrogens with zero attached hydrogens (tertiary/aromatic N) is 1. The highest BCUT2D eigenvalue weighted by Crippen LogP contribution is 2.22. The lowest BCUT2D eigenvalue weighted by molar-refractivity contribution is -0.863. The molecular formula is C15H23ClN3O2S+. The number of nitrogens with one attached hydrogen (secondary N) is 2. The van der Waals surface area contributed by atoms with E-state index in [4.69, 9.17) is 11.6 Å². The average Bonchev–Trinajstić information content (AvgIpc) is 3.15. The van der Waals surface area contributed by atoms with Crippen molar-refractivity contribution in [2.75, 3.05) is 26.7 Å². The van der Waals surface area contributed by atoms with Crippen molar-refractivity contribution in [1.82, 2.24) is 10.2 Å². The normalized spacial score (nSPS) is 15.4. The summed E-state index contributed by atoms with van der Waals surface area (Å²) < 4.78 is 0.734. The van der Waals surface area contributed by atoms with Crippen LogP contribution < -0.4 is 10.2 Å². The average molecular weight is 345 g/mol. The molecule has 2 N–H and O–H groups in total. The minimum atomic E-state index is 0.0286. The Morgan fingerprint density at radius 3 is 2.68 bits per heavy atom. The van der Waals surface area contributed by atoms with Crippen LogP contribution in [0.2, 0.25) is 4.34 Å². The molecule has 1 atom stereocenters. The van der Waals surface area contributed by atoms with Crippen LogP contribution in [0.3, 0.4) is 0 Å². The van der Waals surface area contributed by atoms with Gasteiger partial charge < -0.3 is 15.1 Å². The monoisotopic (exact) mass is 344 g/mol. The van der Waals surface area contributed by atoms with E-state index < -0.39 is 0 Å². The first-order chi connectivity index (χ1) is 10.5. The fourth-order valence-electron chi connectivity index (χ4n) is 2.21. The SMILES string of the molecule is CCN(Cc1ccc(Cl)s1)C(=O)C[NH+](C)CC(=O)NC1CC1. The molecule has 1 aromatic heterocycles. The summed E-state index contributed by atoms with van der Waals surface area (Å²) in [4.78, 5) is 27.9. The second-order valence-corrected chi connectivity index (χ2v) is 7.57. The van der Waals surface area contributed by atoms with E-state index in [0.29, 0.717) is 32.2 Å². The molecule has 1 saturated carbocycles. The second-order valence-electron chi connectivity index (χ2n) is 5.77. The first-order valence-electron chi connectivity index (χ1n) is 7.60. The van der Waals surface area contributed by atoms with Gasteiger partial charge in [-0.2, -0.15) is 0 Å². The summed E-state index contributed by atoms with van der Waals surface area (Å²) in [7, 11) is 1.88. The topological polar surface area (TPSA) is 53.9 Å². The van der Waals surface area contributed by atoms with Gasteiger partial charge in [-0.3, -0.25) is 9.59 Å². The molecule has 1 aliphatic rings. The van der Waals surface area contributed by atoms with E-state index in [2.05, 4.69) is 5.32 Å². The molecule has 0 saturated heterocycles. The van der Waals surface area contributed by atoms with Gasteiger partial charge in [-0.05, 0) is 31.9 Å². The third kappa shape index (κ3) is 5.59. The number of carbonyl (C=O) groups excluding carboxylic acids is 2. The molecule has 2 rings (SSSR count). The number of rotatable bonds is 8. The number of hydrogen-bond acceptors (Lipinski definition) is 3. The Labute approximate surface area is 140 Å². The zero-order chi connectivity index (χ0) is 16.1. The summed E-state index contributed by atoms with van der Waals surface area (Å²) in [6.07, 6.45) is 2.16. The maximum Gasteiger partial charge on any atom is 0.278 e. The van der Waals surface area contributed by atoms with Crippen LogP contribution in [0, 0.1) is 0 Å². The standard InChI is InChI=1S/C15H22ClN3O2S/c1-3-19(8-12-6-7-13(16)22-12)15(21)10-18(2)9-14(20)17-11-4-5-11/h6-7,11H,3-5,8-10H2,1-2H3,(H,17,20)/p+1. The molecule has 5 nitrogen and oxygen atoms in total. The minimum absolute atomic E-state index is 0.0286. The quantitative estimate of drug-likeness (QED) is 0.723. The highest BCUT2D eigenvalue weighted by atomic mass is 35.5. The van der Waals surface area contributed by atoms with Crippen molar-refractivity contribution < 1.29 is 14.5 Å². The first kappa shape index (κ1) is 17.2. The van der Waals surface area contributed by atoms with Crippen molar-refractivity contribution in [3.05, 3.63) is 21.3 Å². The number of amides is 2. The Morgan fingerprint density at radius 1 is 1.41 bits per heavy atom.